The normalized spacial score (nSPS) is 15.8. The molecule has 3 heteroatoms. The van der Waals surface area contributed by atoms with Crippen LogP contribution in [0.5, 0.6) is 5.75 Å². The van der Waals surface area contributed by atoms with E-state index in [1.54, 1.807) is 7.11 Å². The first-order valence-electron chi connectivity index (χ1n) is 6.84. The molecule has 1 heterocycles. The van der Waals surface area contributed by atoms with Crippen LogP contribution in [0.1, 0.15) is 12.0 Å². The molecule has 1 atom stereocenters. The molecular formula is C17H18O3. The Kier molecular flexibility index (Phi) is 3.61. The molecule has 1 N–H and O–H groups in total. The molecule has 3 rings (SSSR count). The SMILES string of the molecule is COc1ccc2cccc(CC(O)C3=CCCO3)c2c1. The predicted octanol–water partition coefficient (Wildman–Crippen LogP) is 3.06. The second-order valence-corrected chi connectivity index (χ2v) is 4.97. The van der Waals surface area contributed by atoms with Crippen LogP contribution in [0.2, 0.25) is 0 Å². The zero-order valence-corrected chi connectivity index (χ0v) is 11.5. The van der Waals surface area contributed by atoms with E-state index in [0.717, 1.165) is 28.5 Å². The summed E-state index contributed by atoms with van der Waals surface area (Å²) in [6, 6.07) is 12.1. The van der Waals surface area contributed by atoms with Crippen LogP contribution >= 0.6 is 0 Å². The van der Waals surface area contributed by atoms with E-state index >= 15 is 0 Å². The van der Waals surface area contributed by atoms with E-state index in [4.69, 9.17) is 9.47 Å². The highest BCUT2D eigenvalue weighted by molar-refractivity contribution is 5.87. The summed E-state index contributed by atoms with van der Waals surface area (Å²) in [6.45, 7) is 0.676. The molecule has 0 saturated heterocycles. The van der Waals surface area contributed by atoms with Crippen molar-refractivity contribution in [3.8, 4) is 5.75 Å². The predicted molar refractivity (Wildman–Crippen MR) is 78.9 cm³/mol. The standard InChI is InChI=1S/C17H18O3/c1-19-14-8-7-12-4-2-5-13(15(12)11-14)10-16(18)17-6-3-9-20-17/h2,4-8,11,16,18H,3,9-10H2,1H3. The van der Waals surface area contributed by atoms with Gasteiger partial charge in [-0.25, -0.2) is 0 Å². The largest absolute Gasteiger partial charge is 0.497 e. The lowest BCUT2D eigenvalue weighted by atomic mass is 9.99. The summed E-state index contributed by atoms with van der Waals surface area (Å²) in [4.78, 5) is 0. The Balaban J connectivity index is 1.93. The van der Waals surface area contributed by atoms with Crippen LogP contribution in [0.15, 0.2) is 48.2 Å². The molecule has 2 aromatic carbocycles. The zero-order valence-electron chi connectivity index (χ0n) is 11.5. The highest BCUT2D eigenvalue weighted by Gasteiger charge is 2.17. The summed E-state index contributed by atoms with van der Waals surface area (Å²) in [5.41, 5.74) is 1.10. The van der Waals surface area contributed by atoms with Gasteiger partial charge in [-0.05, 0) is 34.5 Å². The fourth-order valence-electron chi connectivity index (χ4n) is 2.60. The highest BCUT2D eigenvalue weighted by atomic mass is 16.5. The summed E-state index contributed by atoms with van der Waals surface area (Å²) < 4.78 is 10.7. The fourth-order valence-corrected chi connectivity index (χ4v) is 2.60. The van der Waals surface area contributed by atoms with Gasteiger partial charge in [0.25, 0.3) is 0 Å². The van der Waals surface area contributed by atoms with E-state index < -0.39 is 6.10 Å². The lowest BCUT2D eigenvalue weighted by Gasteiger charge is -2.14. The van der Waals surface area contributed by atoms with Gasteiger partial charge >= 0.3 is 0 Å². The van der Waals surface area contributed by atoms with Gasteiger partial charge in [0, 0.05) is 12.8 Å². The van der Waals surface area contributed by atoms with Gasteiger partial charge in [-0.15, -0.1) is 0 Å². The van der Waals surface area contributed by atoms with Crippen molar-refractivity contribution in [3.05, 3.63) is 53.8 Å². The molecule has 1 aliphatic heterocycles. The van der Waals surface area contributed by atoms with Crippen molar-refractivity contribution in [1.29, 1.82) is 0 Å². The average molecular weight is 270 g/mol. The Morgan fingerprint density at radius 2 is 2.20 bits per heavy atom. The van der Waals surface area contributed by atoms with E-state index in [2.05, 4.69) is 6.07 Å². The third-order valence-corrected chi connectivity index (χ3v) is 3.65. The quantitative estimate of drug-likeness (QED) is 0.928. The minimum atomic E-state index is -0.575. The first kappa shape index (κ1) is 13.0. The van der Waals surface area contributed by atoms with Crippen LogP contribution in [0.3, 0.4) is 0 Å². The van der Waals surface area contributed by atoms with Crippen molar-refractivity contribution in [1.82, 2.24) is 0 Å². The van der Waals surface area contributed by atoms with Gasteiger partial charge < -0.3 is 14.6 Å². The van der Waals surface area contributed by atoms with Crippen molar-refractivity contribution >= 4 is 10.8 Å². The van der Waals surface area contributed by atoms with Gasteiger partial charge in [-0.3, -0.25) is 0 Å². The number of hydrogen-bond acceptors (Lipinski definition) is 3. The van der Waals surface area contributed by atoms with Crippen LogP contribution < -0.4 is 4.74 Å². The maximum atomic E-state index is 10.3. The number of fused-ring (bicyclic) bond motifs is 1. The third-order valence-electron chi connectivity index (χ3n) is 3.65. The number of ether oxygens (including phenoxy) is 2. The van der Waals surface area contributed by atoms with E-state index in [9.17, 15) is 5.11 Å². The summed E-state index contributed by atoms with van der Waals surface area (Å²) in [5, 5.41) is 12.5. The molecule has 20 heavy (non-hydrogen) atoms. The molecule has 104 valence electrons. The van der Waals surface area contributed by atoms with Crippen molar-refractivity contribution < 1.29 is 14.6 Å². The topological polar surface area (TPSA) is 38.7 Å². The molecule has 2 aromatic rings. The smallest absolute Gasteiger partial charge is 0.121 e. The van der Waals surface area contributed by atoms with E-state index in [1.165, 1.54) is 0 Å². The molecular weight excluding hydrogens is 252 g/mol. The lowest BCUT2D eigenvalue weighted by Crippen LogP contribution is -2.14. The van der Waals surface area contributed by atoms with Gasteiger partial charge in [0.05, 0.1) is 13.7 Å². The second-order valence-electron chi connectivity index (χ2n) is 4.97. The number of methoxy groups -OCH3 is 1. The summed E-state index contributed by atoms with van der Waals surface area (Å²) in [6.07, 6.45) is 2.83. The lowest BCUT2D eigenvalue weighted by molar-refractivity contribution is 0.118. The summed E-state index contributed by atoms with van der Waals surface area (Å²) >= 11 is 0. The second kappa shape index (κ2) is 5.55. The molecule has 0 bridgehead atoms. The van der Waals surface area contributed by atoms with Gasteiger partial charge in [-0.1, -0.05) is 24.3 Å². The summed E-state index contributed by atoms with van der Waals surface area (Å²) in [7, 11) is 1.66. The monoisotopic (exact) mass is 270 g/mol. The molecule has 3 nitrogen and oxygen atoms in total. The van der Waals surface area contributed by atoms with Crippen LogP contribution in [0.25, 0.3) is 10.8 Å². The maximum absolute atomic E-state index is 10.3. The number of aliphatic hydroxyl groups is 1. The Labute approximate surface area is 118 Å². The van der Waals surface area contributed by atoms with Gasteiger partial charge in [0.2, 0.25) is 0 Å². The molecule has 0 aromatic heterocycles. The minimum absolute atomic E-state index is 0.552. The Bertz CT molecular complexity index is 646. The van der Waals surface area contributed by atoms with E-state index in [1.807, 2.05) is 36.4 Å². The molecule has 1 aliphatic rings. The van der Waals surface area contributed by atoms with Crippen LogP contribution in [0.4, 0.5) is 0 Å². The number of aliphatic hydroxyl groups excluding tert-OH is 1. The fraction of sp³-hybridized carbons (Fsp3) is 0.294. The molecule has 0 amide bonds. The third kappa shape index (κ3) is 2.49. The maximum Gasteiger partial charge on any atom is 0.121 e. The van der Waals surface area contributed by atoms with Crippen LogP contribution in [0, 0.1) is 0 Å². The molecule has 0 saturated carbocycles. The van der Waals surface area contributed by atoms with Crippen molar-refractivity contribution in [2.24, 2.45) is 0 Å². The molecule has 0 spiro atoms. The van der Waals surface area contributed by atoms with Crippen molar-refractivity contribution in [2.75, 3.05) is 13.7 Å². The Morgan fingerprint density at radius 3 is 2.95 bits per heavy atom. The van der Waals surface area contributed by atoms with Gasteiger partial charge in [-0.2, -0.15) is 0 Å². The van der Waals surface area contributed by atoms with Crippen molar-refractivity contribution in [2.45, 2.75) is 18.9 Å². The Hall–Kier alpha value is -2.00. The molecule has 0 aliphatic carbocycles. The highest BCUT2D eigenvalue weighted by Crippen LogP contribution is 2.26. The van der Waals surface area contributed by atoms with Gasteiger partial charge in [0.15, 0.2) is 0 Å². The molecule has 1 unspecified atom stereocenters. The first-order valence-corrected chi connectivity index (χ1v) is 6.84. The minimum Gasteiger partial charge on any atom is -0.497 e. The average Bonchev–Trinajstić information content (AvgIpc) is 3.01. The number of rotatable bonds is 4. The molecule has 0 fully saturated rings. The van der Waals surface area contributed by atoms with Crippen LogP contribution in [-0.2, 0) is 11.2 Å². The van der Waals surface area contributed by atoms with E-state index in [-0.39, 0.29) is 0 Å². The zero-order chi connectivity index (χ0) is 13.9. The molecule has 0 radical (unpaired) electrons. The van der Waals surface area contributed by atoms with Gasteiger partial charge in [0.1, 0.15) is 17.6 Å². The summed E-state index contributed by atoms with van der Waals surface area (Å²) in [5.74, 6) is 1.53. The Morgan fingerprint density at radius 1 is 1.30 bits per heavy atom. The first-order chi connectivity index (χ1) is 9.78. The number of hydrogen-bond donors (Lipinski definition) is 1. The van der Waals surface area contributed by atoms with E-state index in [0.29, 0.717) is 18.8 Å². The number of benzene rings is 2. The van der Waals surface area contributed by atoms with Crippen LogP contribution in [-0.4, -0.2) is 24.9 Å². The van der Waals surface area contributed by atoms with Crippen molar-refractivity contribution in [3.63, 3.8) is 0 Å².